The predicted octanol–water partition coefficient (Wildman–Crippen LogP) is 5.27. The van der Waals surface area contributed by atoms with Gasteiger partial charge in [0.2, 0.25) is 0 Å². The maximum atomic E-state index is 12.8. The molecule has 3 rings (SSSR count). The zero-order valence-corrected chi connectivity index (χ0v) is 15.5. The second-order valence-corrected chi connectivity index (χ2v) is 7.23. The first-order valence-corrected chi connectivity index (χ1v) is 9.62. The van der Waals surface area contributed by atoms with Gasteiger partial charge in [-0.3, -0.25) is 0 Å². The van der Waals surface area contributed by atoms with Gasteiger partial charge in [-0.2, -0.15) is 24.9 Å². The minimum Gasteiger partial charge on any atom is -0.489 e. The summed E-state index contributed by atoms with van der Waals surface area (Å²) in [7, 11) is 0. The highest BCUT2D eigenvalue weighted by atomic mass is 32.2. The van der Waals surface area contributed by atoms with Gasteiger partial charge >= 0.3 is 12.1 Å². The van der Waals surface area contributed by atoms with Gasteiger partial charge in [-0.05, 0) is 41.0 Å². The SMILES string of the molecule is O=C(O)/C=C/C=C(/c1ccc(OC2CSC2)cc1)c1ccc(C(F)(F)F)cc1. The van der Waals surface area contributed by atoms with Gasteiger partial charge in [-0.1, -0.05) is 36.4 Å². The molecule has 1 fully saturated rings. The van der Waals surface area contributed by atoms with Crippen LogP contribution in [0, 0.1) is 0 Å². The van der Waals surface area contributed by atoms with E-state index in [1.165, 1.54) is 18.2 Å². The molecule has 0 spiro atoms. The molecule has 3 nitrogen and oxygen atoms in total. The third-order valence-corrected chi connectivity index (χ3v) is 5.32. The van der Waals surface area contributed by atoms with E-state index in [1.54, 1.807) is 30.3 Å². The topological polar surface area (TPSA) is 46.5 Å². The summed E-state index contributed by atoms with van der Waals surface area (Å²) in [6.07, 6.45) is -0.319. The van der Waals surface area contributed by atoms with Crippen LogP contribution in [0.1, 0.15) is 16.7 Å². The van der Waals surface area contributed by atoms with Gasteiger partial charge in [0.05, 0.1) is 5.56 Å². The van der Waals surface area contributed by atoms with Crippen molar-refractivity contribution in [2.75, 3.05) is 11.5 Å². The highest BCUT2D eigenvalue weighted by Gasteiger charge is 2.30. The molecule has 0 saturated carbocycles. The largest absolute Gasteiger partial charge is 0.489 e. The smallest absolute Gasteiger partial charge is 0.416 e. The number of rotatable bonds is 6. The lowest BCUT2D eigenvalue weighted by Gasteiger charge is -2.25. The van der Waals surface area contributed by atoms with Crippen molar-refractivity contribution in [3.8, 4) is 5.75 Å². The number of ether oxygens (including phenoxy) is 1. The Morgan fingerprint density at radius 2 is 1.61 bits per heavy atom. The zero-order chi connectivity index (χ0) is 20.1. The molecular weight excluding hydrogens is 389 g/mol. The van der Waals surface area contributed by atoms with Crippen LogP contribution in [0.4, 0.5) is 13.2 Å². The fraction of sp³-hybridized carbons (Fsp3) is 0.190. The Balaban J connectivity index is 1.89. The van der Waals surface area contributed by atoms with E-state index in [2.05, 4.69) is 0 Å². The molecule has 1 aliphatic rings. The van der Waals surface area contributed by atoms with Crippen LogP contribution in [0.2, 0.25) is 0 Å². The Labute approximate surface area is 164 Å². The molecule has 1 heterocycles. The van der Waals surface area contributed by atoms with Crippen molar-refractivity contribution in [2.45, 2.75) is 12.3 Å². The number of carbonyl (C=O) groups is 1. The zero-order valence-electron chi connectivity index (χ0n) is 14.6. The van der Waals surface area contributed by atoms with E-state index in [9.17, 15) is 18.0 Å². The number of alkyl halides is 3. The molecule has 146 valence electrons. The minimum absolute atomic E-state index is 0.208. The van der Waals surface area contributed by atoms with Gasteiger partial charge in [0, 0.05) is 17.6 Å². The number of benzene rings is 2. The number of hydrogen-bond donors (Lipinski definition) is 1. The number of halogens is 3. The molecular formula is C21H17F3O3S. The molecule has 28 heavy (non-hydrogen) atoms. The van der Waals surface area contributed by atoms with Crippen molar-refractivity contribution in [3.63, 3.8) is 0 Å². The van der Waals surface area contributed by atoms with Crippen LogP contribution in [0.25, 0.3) is 5.57 Å². The van der Waals surface area contributed by atoms with E-state index in [0.29, 0.717) is 11.1 Å². The molecule has 7 heteroatoms. The van der Waals surface area contributed by atoms with Crippen molar-refractivity contribution >= 4 is 23.3 Å². The summed E-state index contributed by atoms with van der Waals surface area (Å²) >= 11 is 1.81. The fourth-order valence-corrected chi connectivity index (χ4v) is 3.18. The molecule has 1 N–H and O–H groups in total. The second-order valence-electron chi connectivity index (χ2n) is 6.15. The van der Waals surface area contributed by atoms with E-state index in [4.69, 9.17) is 9.84 Å². The Kier molecular flexibility index (Phi) is 6.14. The van der Waals surface area contributed by atoms with Gasteiger partial charge in [-0.15, -0.1) is 0 Å². The number of thioether (sulfide) groups is 1. The van der Waals surface area contributed by atoms with Gasteiger partial charge in [0.25, 0.3) is 0 Å². The molecule has 1 saturated heterocycles. The molecule has 1 aliphatic heterocycles. The second kappa shape index (κ2) is 8.56. The van der Waals surface area contributed by atoms with E-state index in [0.717, 1.165) is 41.0 Å². The standard InChI is InChI=1S/C21H17F3O3S/c22-21(23,24)16-8-4-14(5-9-16)19(2-1-3-20(25)26)15-6-10-17(11-7-15)27-18-12-28-13-18/h1-11,18H,12-13H2,(H,25,26)/b3-1+,19-2+. The first-order valence-electron chi connectivity index (χ1n) is 8.47. The van der Waals surface area contributed by atoms with Crippen LogP contribution in [0.3, 0.4) is 0 Å². The van der Waals surface area contributed by atoms with Crippen molar-refractivity contribution in [3.05, 3.63) is 83.4 Å². The Hall–Kier alpha value is -2.67. The Bertz CT molecular complexity index is 881. The van der Waals surface area contributed by atoms with Crippen LogP contribution >= 0.6 is 11.8 Å². The van der Waals surface area contributed by atoms with Crippen molar-refractivity contribution in [1.82, 2.24) is 0 Å². The summed E-state index contributed by atoms with van der Waals surface area (Å²) in [6.45, 7) is 0. The first kappa shape index (κ1) is 20.1. The van der Waals surface area contributed by atoms with Crippen LogP contribution in [-0.4, -0.2) is 28.7 Å². The van der Waals surface area contributed by atoms with Crippen LogP contribution in [0.5, 0.6) is 5.75 Å². The van der Waals surface area contributed by atoms with E-state index in [1.807, 2.05) is 11.8 Å². The molecule has 0 unspecified atom stereocenters. The monoisotopic (exact) mass is 406 g/mol. The first-order chi connectivity index (χ1) is 13.3. The number of carboxylic acids is 1. The lowest BCUT2D eigenvalue weighted by molar-refractivity contribution is -0.137. The molecule has 0 radical (unpaired) electrons. The normalized spacial score (nSPS) is 15.5. The Morgan fingerprint density at radius 3 is 2.07 bits per heavy atom. The summed E-state index contributed by atoms with van der Waals surface area (Å²) in [4.78, 5) is 10.7. The Morgan fingerprint density at radius 1 is 1.04 bits per heavy atom. The van der Waals surface area contributed by atoms with Gasteiger partial charge in [0.15, 0.2) is 0 Å². The van der Waals surface area contributed by atoms with Gasteiger partial charge < -0.3 is 9.84 Å². The van der Waals surface area contributed by atoms with E-state index < -0.39 is 17.7 Å². The highest BCUT2D eigenvalue weighted by molar-refractivity contribution is 8.00. The number of hydrogen-bond acceptors (Lipinski definition) is 3. The third kappa shape index (κ3) is 5.19. The molecule has 0 bridgehead atoms. The average molecular weight is 406 g/mol. The lowest BCUT2D eigenvalue weighted by atomic mass is 9.96. The van der Waals surface area contributed by atoms with Gasteiger partial charge in [-0.25, -0.2) is 4.79 Å². The summed E-state index contributed by atoms with van der Waals surface area (Å²) in [5, 5.41) is 8.78. The van der Waals surface area contributed by atoms with Crippen LogP contribution in [0.15, 0.2) is 66.8 Å². The molecule has 0 amide bonds. The predicted molar refractivity (Wildman–Crippen MR) is 103 cm³/mol. The van der Waals surface area contributed by atoms with E-state index in [-0.39, 0.29) is 6.10 Å². The van der Waals surface area contributed by atoms with E-state index >= 15 is 0 Å². The highest BCUT2D eigenvalue weighted by Crippen LogP contribution is 2.32. The molecule has 0 aromatic heterocycles. The maximum Gasteiger partial charge on any atom is 0.416 e. The molecule has 0 aliphatic carbocycles. The number of carboxylic acid groups (broad SMARTS) is 1. The van der Waals surface area contributed by atoms with Crippen LogP contribution < -0.4 is 4.74 Å². The fourth-order valence-electron chi connectivity index (χ4n) is 2.61. The van der Waals surface area contributed by atoms with Crippen molar-refractivity contribution in [2.24, 2.45) is 0 Å². The maximum absolute atomic E-state index is 12.8. The summed E-state index contributed by atoms with van der Waals surface area (Å²) in [5.41, 5.74) is 1.16. The molecule has 2 aromatic carbocycles. The lowest BCUT2D eigenvalue weighted by Crippen LogP contribution is -2.30. The number of allylic oxidation sites excluding steroid dienone is 2. The number of aliphatic carboxylic acids is 1. The molecule has 2 aromatic rings. The van der Waals surface area contributed by atoms with Crippen LogP contribution in [-0.2, 0) is 11.0 Å². The minimum atomic E-state index is -4.41. The van der Waals surface area contributed by atoms with Gasteiger partial charge in [0.1, 0.15) is 11.9 Å². The van der Waals surface area contributed by atoms with Crippen molar-refractivity contribution < 1.29 is 27.8 Å². The summed E-state index contributed by atoms with van der Waals surface area (Å²) < 4.78 is 44.2. The summed E-state index contributed by atoms with van der Waals surface area (Å²) in [5.74, 6) is 1.53. The van der Waals surface area contributed by atoms with Crippen molar-refractivity contribution in [1.29, 1.82) is 0 Å². The average Bonchev–Trinajstić information content (AvgIpc) is 2.62. The molecule has 0 atom stereocenters. The third-order valence-electron chi connectivity index (χ3n) is 4.10. The quantitative estimate of drug-likeness (QED) is 0.524. The summed E-state index contributed by atoms with van der Waals surface area (Å²) in [6, 6.07) is 12.0.